The van der Waals surface area contributed by atoms with E-state index >= 15 is 0 Å². The first-order valence-corrected chi connectivity index (χ1v) is 8.04. The molecule has 3 nitrogen and oxygen atoms in total. The van der Waals surface area contributed by atoms with Crippen LogP contribution in [0.3, 0.4) is 0 Å². The summed E-state index contributed by atoms with van der Waals surface area (Å²) in [5, 5.41) is 1.07. The lowest BCUT2D eigenvalue weighted by Gasteiger charge is -2.15. The number of nitrogens with zero attached hydrogens (tertiary/aromatic N) is 1. The minimum atomic E-state index is -2.74. The van der Waals surface area contributed by atoms with Crippen molar-refractivity contribution >= 4 is 27.3 Å². The van der Waals surface area contributed by atoms with Gasteiger partial charge in [-0.3, -0.25) is 4.79 Å². The molecule has 1 amide bonds. The highest BCUT2D eigenvalue weighted by Crippen LogP contribution is 2.29. The number of rotatable bonds is 4. The summed E-state index contributed by atoms with van der Waals surface area (Å²) in [5.74, 6) is -0.0204. The molecule has 1 unspecified atom stereocenters. The smallest absolute Gasteiger partial charge is 0.338 e. The second-order valence-corrected chi connectivity index (χ2v) is 6.74. The van der Waals surface area contributed by atoms with Gasteiger partial charge in [0.1, 0.15) is 0 Å². The molecule has 1 aromatic carbocycles. The van der Waals surface area contributed by atoms with Gasteiger partial charge in [0.05, 0.1) is 11.5 Å². The van der Waals surface area contributed by atoms with Gasteiger partial charge < -0.3 is 9.64 Å². The van der Waals surface area contributed by atoms with Gasteiger partial charge in [0.15, 0.2) is 0 Å². The van der Waals surface area contributed by atoms with Crippen LogP contribution in [0.2, 0.25) is 0 Å². The number of ether oxygens (including phenoxy) is 1. The maximum atomic E-state index is 12.5. The Balaban J connectivity index is 1.68. The van der Waals surface area contributed by atoms with Crippen LogP contribution >= 0.6 is 11.3 Å². The van der Waals surface area contributed by atoms with Crippen molar-refractivity contribution in [2.45, 2.75) is 20.0 Å². The van der Waals surface area contributed by atoms with Crippen molar-refractivity contribution in [1.29, 1.82) is 0 Å². The Bertz CT molecular complexity index is 686. The minimum absolute atomic E-state index is 0.00503. The van der Waals surface area contributed by atoms with Crippen molar-refractivity contribution in [3.63, 3.8) is 0 Å². The molecule has 1 aliphatic rings. The molecule has 1 fully saturated rings. The first-order valence-electron chi connectivity index (χ1n) is 7.22. The number of carbonyl (C=O) groups is 1. The number of thiophene rings is 1. The van der Waals surface area contributed by atoms with Crippen molar-refractivity contribution in [2.24, 2.45) is 5.92 Å². The predicted molar refractivity (Wildman–Crippen MR) is 82.5 cm³/mol. The SMILES string of the molecule is Cc1ccc2sc(C(=O)N3CCC(COC(F)F)C3)cc2c1. The highest BCUT2D eigenvalue weighted by atomic mass is 32.1. The number of halogens is 2. The maximum absolute atomic E-state index is 12.5. The average Bonchev–Trinajstić information content (AvgIpc) is 3.10. The second-order valence-electron chi connectivity index (χ2n) is 5.65. The van der Waals surface area contributed by atoms with Crippen molar-refractivity contribution in [3.05, 3.63) is 34.7 Å². The van der Waals surface area contributed by atoms with Gasteiger partial charge >= 0.3 is 6.61 Å². The van der Waals surface area contributed by atoms with Gasteiger partial charge in [-0.05, 0) is 30.9 Å². The first-order chi connectivity index (χ1) is 10.5. The van der Waals surface area contributed by atoms with E-state index in [-0.39, 0.29) is 18.4 Å². The third-order valence-electron chi connectivity index (χ3n) is 3.91. The summed E-state index contributed by atoms with van der Waals surface area (Å²) in [5.41, 5.74) is 1.16. The van der Waals surface area contributed by atoms with Crippen molar-refractivity contribution < 1.29 is 18.3 Å². The molecule has 0 aliphatic carbocycles. The highest BCUT2D eigenvalue weighted by molar-refractivity contribution is 7.20. The molecule has 0 radical (unpaired) electrons. The fourth-order valence-electron chi connectivity index (χ4n) is 2.79. The molecule has 0 spiro atoms. The second kappa shape index (κ2) is 6.30. The molecule has 2 heterocycles. The number of benzene rings is 1. The number of hydrogen-bond donors (Lipinski definition) is 0. The summed E-state index contributed by atoms with van der Waals surface area (Å²) < 4.78 is 29.6. The van der Waals surface area contributed by atoms with Gasteiger partial charge in [-0.25, -0.2) is 0 Å². The topological polar surface area (TPSA) is 29.5 Å². The van der Waals surface area contributed by atoms with Crippen LogP contribution in [0.15, 0.2) is 24.3 Å². The Hall–Kier alpha value is -1.53. The third kappa shape index (κ3) is 3.28. The molecule has 1 aliphatic heterocycles. The van der Waals surface area contributed by atoms with Gasteiger partial charge in [0.2, 0.25) is 0 Å². The van der Waals surface area contributed by atoms with Crippen LogP contribution in [0.25, 0.3) is 10.1 Å². The molecule has 0 N–H and O–H groups in total. The molecule has 3 rings (SSSR count). The van der Waals surface area contributed by atoms with Crippen LogP contribution in [0.5, 0.6) is 0 Å². The van der Waals surface area contributed by atoms with E-state index in [1.165, 1.54) is 11.3 Å². The quantitative estimate of drug-likeness (QED) is 0.853. The number of alkyl halides is 2. The lowest BCUT2D eigenvalue weighted by molar-refractivity contribution is -0.137. The number of aryl methyl sites for hydroxylation is 1. The summed E-state index contributed by atoms with van der Waals surface area (Å²) >= 11 is 1.48. The van der Waals surface area contributed by atoms with E-state index in [2.05, 4.69) is 10.8 Å². The van der Waals surface area contributed by atoms with Crippen molar-refractivity contribution in [1.82, 2.24) is 4.90 Å². The molecule has 118 valence electrons. The van der Waals surface area contributed by atoms with Crippen LogP contribution in [0.1, 0.15) is 21.7 Å². The number of amides is 1. The maximum Gasteiger partial charge on any atom is 0.345 e. The van der Waals surface area contributed by atoms with Gasteiger partial charge in [-0.2, -0.15) is 8.78 Å². The van der Waals surface area contributed by atoms with Gasteiger partial charge in [-0.1, -0.05) is 17.7 Å². The molecule has 0 bridgehead atoms. The third-order valence-corrected chi connectivity index (χ3v) is 5.02. The molecular formula is C16H17F2NO2S. The summed E-state index contributed by atoms with van der Waals surface area (Å²) in [6.45, 7) is 0.373. The summed E-state index contributed by atoms with van der Waals surface area (Å²) in [6.07, 6.45) is 0.711. The zero-order valence-electron chi connectivity index (χ0n) is 12.2. The number of carbonyl (C=O) groups excluding carboxylic acids is 1. The van der Waals surface area contributed by atoms with Crippen LogP contribution in [0, 0.1) is 12.8 Å². The lowest BCUT2D eigenvalue weighted by Crippen LogP contribution is -2.28. The molecule has 1 atom stereocenters. The standard InChI is InChI=1S/C16H17F2NO2S/c1-10-2-3-13-12(6-10)7-14(22-13)15(20)19-5-4-11(8-19)9-21-16(17)18/h2-3,6-7,11,16H,4-5,8-9H2,1H3. The number of hydrogen-bond acceptors (Lipinski definition) is 3. The summed E-state index contributed by atoms with van der Waals surface area (Å²) in [6, 6.07) is 8.03. The lowest BCUT2D eigenvalue weighted by atomic mass is 10.1. The average molecular weight is 325 g/mol. The highest BCUT2D eigenvalue weighted by Gasteiger charge is 2.28. The predicted octanol–water partition coefficient (Wildman–Crippen LogP) is 3.91. The van der Waals surface area contributed by atoms with E-state index in [0.717, 1.165) is 15.6 Å². The van der Waals surface area contributed by atoms with Crippen LogP contribution < -0.4 is 0 Å². The Morgan fingerprint density at radius 3 is 3.05 bits per heavy atom. The molecule has 0 saturated carbocycles. The van der Waals surface area contributed by atoms with Crippen molar-refractivity contribution in [3.8, 4) is 0 Å². The van der Waals surface area contributed by atoms with E-state index in [1.54, 1.807) is 4.90 Å². The van der Waals surface area contributed by atoms with E-state index in [0.29, 0.717) is 24.4 Å². The Kier molecular flexibility index (Phi) is 4.40. The molecule has 1 saturated heterocycles. The largest absolute Gasteiger partial charge is 0.345 e. The van der Waals surface area contributed by atoms with E-state index in [1.807, 2.05) is 25.1 Å². The zero-order valence-corrected chi connectivity index (χ0v) is 13.0. The normalized spacial score (nSPS) is 18.5. The first kappa shape index (κ1) is 15.4. The van der Waals surface area contributed by atoms with Gasteiger partial charge in [0, 0.05) is 23.7 Å². The monoisotopic (exact) mass is 325 g/mol. The summed E-state index contributed by atoms with van der Waals surface area (Å²) in [4.78, 5) is 15.0. The molecule has 22 heavy (non-hydrogen) atoms. The summed E-state index contributed by atoms with van der Waals surface area (Å²) in [7, 11) is 0. The van der Waals surface area contributed by atoms with E-state index < -0.39 is 6.61 Å². The van der Waals surface area contributed by atoms with Crippen molar-refractivity contribution in [2.75, 3.05) is 19.7 Å². The van der Waals surface area contributed by atoms with Gasteiger partial charge in [0.25, 0.3) is 5.91 Å². The molecular weight excluding hydrogens is 308 g/mol. The van der Waals surface area contributed by atoms with E-state index in [4.69, 9.17) is 0 Å². The van der Waals surface area contributed by atoms with Crippen LogP contribution in [0.4, 0.5) is 8.78 Å². The fraction of sp³-hybridized carbons (Fsp3) is 0.438. The Morgan fingerprint density at radius 2 is 2.27 bits per heavy atom. The molecule has 2 aromatic rings. The molecule has 6 heteroatoms. The number of likely N-dealkylation sites (tertiary alicyclic amines) is 1. The fourth-order valence-corrected chi connectivity index (χ4v) is 3.80. The van der Waals surface area contributed by atoms with Crippen LogP contribution in [-0.4, -0.2) is 37.1 Å². The Morgan fingerprint density at radius 1 is 1.45 bits per heavy atom. The molecule has 1 aromatic heterocycles. The Labute approximate surface area is 131 Å². The van der Waals surface area contributed by atoms with Crippen LogP contribution in [-0.2, 0) is 4.74 Å². The van der Waals surface area contributed by atoms with Gasteiger partial charge in [-0.15, -0.1) is 11.3 Å². The zero-order chi connectivity index (χ0) is 15.7. The minimum Gasteiger partial charge on any atom is -0.338 e. The van der Waals surface area contributed by atoms with E-state index in [9.17, 15) is 13.6 Å². The number of fused-ring (bicyclic) bond motifs is 1.